The van der Waals surface area contributed by atoms with Gasteiger partial charge in [-0.1, -0.05) is 54.6 Å². The van der Waals surface area contributed by atoms with Crippen LogP contribution < -0.4 is 4.90 Å². The maximum Gasteiger partial charge on any atom is 0.0778 e. The fraction of sp³-hybridized carbons (Fsp3) is 0.263. The van der Waals surface area contributed by atoms with Crippen LogP contribution in [0.1, 0.15) is 31.4 Å². The van der Waals surface area contributed by atoms with E-state index in [0.717, 1.165) is 12.8 Å². The molecule has 0 aliphatic carbocycles. The number of nitrogens with zero attached hydrogens (tertiary/aromatic N) is 1. The van der Waals surface area contributed by atoms with Crippen molar-refractivity contribution in [3.63, 3.8) is 0 Å². The molecule has 2 aromatic carbocycles. The van der Waals surface area contributed by atoms with Crippen LogP contribution in [-0.2, 0) is 0 Å². The summed E-state index contributed by atoms with van der Waals surface area (Å²) in [5, 5.41) is 0. The van der Waals surface area contributed by atoms with Gasteiger partial charge in [0, 0.05) is 5.69 Å². The third-order valence-corrected chi connectivity index (χ3v) is 4.33. The van der Waals surface area contributed by atoms with Gasteiger partial charge < -0.3 is 4.90 Å². The largest absolute Gasteiger partial charge is 0.354 e. The molecule has 1 nitrogen and oxygen atoms in total. The third kappa shape index (κ3) is 2.14. The van der Waals surface area contributed by atoms with Crippen LogP contribution in [0.4, 0.5) is 5.69 Å². The van der Waals surface area contributed by atoms with Crippen LogP contribution in [0.3, 0.4) is 0 Å². The second-order valence-corrected chi connectivity index (χ2v) is 5.70. The second kappa shape index (κ2) is 5.16. The summed E-state index contributed by atoms with van der Waals surface area (Å²) in [6.07, 6.45) is 4.23. The molecule has 1 aliphatic rings. The molecule has 0 unspecified atom stereocenters. The van der Waals surface area contributed by atoms with Crippen LogP contribution in [0.15, 0.2) is 73.3 Å². The molecule has 102 valence electrons. The fourth-order valence-corrected chi connectivity index (χ4v) is 3.26. The van der Waals surface area contributed by atoms with Crippen LogP contribution in [0.25, 0.3) is 0 Å². The first kappa shape index (κ1) is 13.0. The number of para-hydroxylation sites is 1. The number of hydrogen-bond acceptors (Lipinski definition) is 1. The SMILES string of the molecule is C=CCC[C@]1(C)[C@@H](c2ccccc2)N1c1ccccc1. The molecule has 0 bridgehead atoms. The lowest BCUT2D eigenvalue weighted by atomic mass is 9.96. The van der Waals surface area contributed by atoms with Gasteiger partial charge >= 0.3 is 0 Å². The molecule has 0 saturated carbocycles. The molecular weight excluding hydrogens is 242 g/mol. The van der Waals surface area contributed by atoms with Gasteiger partial charge in [-0.2, -0.15) is 0 Å². The number of anilines is 1. The van der Waals surface area contributed by atoms with Gasteiger partial charge in [0.15, 0.2) is 0 Å². The molecule has 1 saturated heterocycles. The van der Waals surface area contributed by atoms with Crippen LogP contribution in [0, 0.1) is 0 Å². The summed E-state index contributed by atoms with van der Waals surface area (Å²) in [7, 11) is 0. The molecular formula is C19H21N. The second-order valence-electron chi connectivity index (χ2n) is 5.70. The Labute approximate surface area is 121 Å². The summed E-state index contributed by atoms with van der Waals surface area (Å²) < 4.78 is 0. The predicted molar refractivity (Wildman–Crippen MR) is 85.9 cm³/mol. The van der Waals surface area contributed by atoms with E-state index in [4.69, 9.17) is 0 Å². The van der Waals surface area contributed by atoms with Crippen molar-refractivity contribution in [2.24, 2.45) is 0 Å². The minimum absolute atomic E-state index is 0.205. The molecule has 0 amide bonds. The van der Waals surface area contributed by atoms with Gasteiger partial charge in [-0.15, -0.1) is 6.58 Å². The van der Waals surface area contributed by atoms with Crippen LogP contribution in [0.5, 0.6) is 0 Å². The summed E-state index contributed by atoms with van der Waals surface area (Å²) >= 11 is 0. The van der Waals surface area contributed by atoms with Crippen LogP contribution >= 0.6 is 0 Å². The van der Waals surface area contributed by atoms with E-state index in [0.29, 0.717) is 6.04 Å². The molecule has 1 aliphatic heterocycles. The van der Waals surface area contributed by atoms with Gasteiger partial charge in [-0.3, -0.25) is 0 Å². The normalized spacial score (nSPS) is 24.4. The van der Waals surface area contributed by atoms with E-state index in [1.807, 2.05) is 6.08 Å². The minimum atomic E-state index is 0.205. The number of hydrogen-bond donors (Lipinski definition) is 0. The Morgan fingerprint density at radius 1 is 1.05 bits per heavy atom. The van der Waals surface area contributed by atoms with Crippen molar-refractivity contribution in [2.45, 2.75) is 31.3 Å². The van der Waals surface area contributed by atoms with Crippen molar-refractivity contribution >= 4 is 5.69 Å². The molecule has 2 aromatic rings. The average molecular weight is 263 g/mol. The van der Waals surface area contributed by atoms with E-state index in [9.17, 15) is 0 Å². The highest BCUT2D eigenvalue weighted by Crippen LogP contribution is 2.57. The first-order valence-corrected chi connectivity index (χ1v) is 7.27. The quantitative estimate of drug-likeness (QED) is 0.543. The average Bonchev–Trinajstić information content (AvgIpc) is 3.13. The molecule has 1 heterocycles. The number of allylic oxidation sites excluding steroid dienone is 1. The minimum Gasteiger partial charge on any atom is -0.354 e. The summed E-state index contributed by atoms with van der Waals surface area (Å²) in [6, 6.07) is 22.0. The molecule has 0 aromatic heterocycles. The zero-order valence-electron chi connectivity index (χ0n) is 12.0. The van der Waals surface area contributed by atoms with Gasteiger partial charge in [0.1, 0.15) is 0 Å². The Kier molecular flexibility index (Phi) is 3.35. The Morgan fingerprint density at radius 3 is 2.25 bits per heavy atom. The maximum atomic E-state index is 3.87. The monoisotopic (exact) mass is 263 g/mol. The van der Waals surface area contributed by atoms with Crippen molar-refractivity contribution < 1.29 is 0 Å². The predicted octanol–water partition coefficient (Wildman–Crippen LogP) is 4.97. The molecule has 1 heteroatoms. The summed E-state index contributed by atoms with van der Waals surface area (Å²) in [4.78, 5) is 2.53. The Bertz CT molecular complexity index is 528. The summed E-state index contributed by atoms with van der Waals surface area (Å²) in [5.41, 5.74) is 2.92. The molecule has 0 N–H and O–H groups in total. The van der Waals surface area contributed by atoms with Crippen molar-refractivity contribution in [1.82, 2.24) is 0 Å². The summed E-state index contributed by atoms with van der Waals surface area (Å²) in [5.74, 6) is 0. The first-order chi connectivity index (χ1) is 9.77. The first-order valence-electron chi connectivity index (χ1n) is 7.27. The van der Waals surface area contributed by atoms with Gasteiger partial charge in [-0.05, 0) is 37.5 Å². The number of benzene rings is 2. The van der Waals surface area contributed by atoms with Crippen LogP contribution in [-0.4, -0.2) is 5.54 Å². The standard InChI is InChI=1S/C19H21N/c1-3-4-15-19(2)18(16-11-7-5-8-12-16)20(19)17-13-9-6-10-14-17/h3,5-14,18H,1,4,15H2,2H3/t18-,19-,20?/m1/s1. The zero-order chi connectivity index (χ0) is 14.0. The van der Waals surface area contributed by atoms with Gasteiger partial charge in [0.05, 0.1) is 11.6 Å². The molecule has 0 radical (unpaired) electrons. The van der Waals surface area contributed by atoms with E-state index < -0.39 is 0 Å². The zero-order valence-corrected chi connectivity index (χ0v) is 12.0. The maximum absolute atomic E-state index is 3.87. The Balaban J connectivity index is 1.93. The van der Waals surface area contributed by atoms with Crippen molar-refractivity contribution in [1.29, 1.82) is 0 Å². The highest BCUT2D eigenvalue weighted by molar-refractivity contribution is 5.62. The van der Waals surface area contributed by atoms with E-state index in [1.165, 1.54) is 11.3 Å². The summed E-state index contributed by atoms with van der Waals surface area (Å²) in [6.45, 7) is 6.23. The molecule has 3 rings (SSSR count). The lowest BCUT2D eigenvalue weighted by molar-refractivity contribution is 0.625. The topological polar surface area (TPSA) is 3.01 Å². The van der Waals surface area contributed by atoms with Crippen molar-refractivity contribution in [3.8, 4) is 0 Å². The van der Waals surface area contributed by atoms with Crippen molar-refractivity contribution in [2.75, 3.05) is 4.90 Å². The highest BCUT2D eigenvalue weighted by atomic mass is 15.4. The van der Waals surface area contributed by atoms with E-state index in [-0.39, 0.29) is 5.54 Å². The lowest BCUT2D eigenvalue weighted by Crippen LogP contribution is -2.12. The number of rotatable bonds is 5. The smallest absolute Gasteiger partial charge is 0.0778 e. The van der Waals surface area contributed by atoms with Crippen LogP contribution in [0.2, 0.25) is 0 Å². The third-order valence-electron chi connectivity index (χ3n) is 4.33. The molecule has 0 spiro atoms. The Morgan fingerprint density at radius 2 is 1.65 bits per heavy atom. The van der Waals surface area contributed by atoms with Gasteiger partial charge in [-0.25, -0.2) is 0 Å². The molecule has 2 atom stereocenters. The molecule has 20 heavy (non-hydrogen) atoms. The molecule has 1 fully saturated rings. The highest BCUT2D eigenvalue weighted by Gasteiger charge is 2.58. The van der Waals surface area contributed by atoms with E-state index in [1.54, 1.807) is 0 Å². The van der Waals surface area contributed by atoms with Gasteiger partial charge in [0.2, 0.25) is 0 Å². The van der Waals surface area contributed by atoms with Crippen molar-refractivity contribution in [3.05, 3.63) is 78.9 Å². The van der Waals surface area contributed by atoms with Gasteiger partial charge in [0.25, 0.3) is 0 Å². The Hall–Kier alpha value is -2.02. The van der Waals surface area contributed by atoms with E-state index in [2.05, 4.69) is 79.1 Å². The fourth-order valence-electron chi connectivity index (χ4n) is 3.26. The lowest BCUT2D eigenvalue weighted by Gasteiger charge is -2.11. The van der Waals surface area contributed by atoms with E-state index >= 15 is 0 Å².